The van der Waals surface area contributed by atoms with Crippen molar-refractivity contribution in [3.63, 3.8) is 0 Å². The van der Waals surface area contributed by atoms with Crippen LogP contribution >= 0.6 is 11.3 Å². The molecule has 0 radical (unpaired) electrons. The van der Waals surface area contributed by atoms with Crippen molar-refractivity contribution >= 4 is 28.2 Å². The first-order valence-electron chi connectivity index (χ1n) is 7.38. The van der Waals surface area contributed by atoms with Crippen LogP contribution in [0.2, 0.25) is 0 Å². The Bertz CT molecular complexity index is 580. The lowest BCUT2D eigenvalue weighted by Gasteiger charge is -2.14. The van der Waals surface area contributed by atoms with Crippen LogP contribution in [-0.2, 0) is 22.4 Å². The number of fused-ring (bicyclic) bond motifs is 1. The third-order valence-corrected chi connectivity index (χ3v) is 5.54. The minimum Gasteiger partial charge on any atom is -0.478 e. The summed E-state index contributed by atoms with van der Waals surface area (Å²) in [5.41, 5.74) is 1.22. The van der Waals surface area contributed by atoms with Gasteiger partial charge in [-0.3, -0.25) is 4.79 Å². The number of carboxylic acids is 1. The Labute approximate surface area is 127 Å². The topological polar surface area (TPSA) is 75.6 Å². The second-order valence-corrected chi connectivity index (χ2v) is 6.79. The van der Waals surface area contributed by atoms with Gasteiger partial charge in [0.1, 0.15) is 5.00 Å². The molecule has 1 saturated heterocycles. The molecule has 2 unspecified atom stereocenters. The van der Waals surface area contributed by atoms with Crippen LogP contribution in [0.3, 0.4) is 0 Å². The van der Waals surface area contributed by atoms with Gasteiger partial charge in [0, 0.05) is 11.5 Å². The SMILES string of the molecule is CC1OCCC1C(=O)Nc1sc2c(c1C(=O)O)CCCC2. The number of nitrogens with one attached hydrogen (secondary N) is 1. The van der Waals surface area contributed by atoms with E-state index in [1.807, 2.05) is 6.92 Å². The summed E-state index contributed by atoms with van der Waals surface area (Å²) in [6.45, 7) is 2.47. The Hall–Kier alpha value is -1.40. The molecule has 2 heterocycles. The van der Waals surface area contributed by atoms with E-state index in [4.69, 9.17) is 4.74 Å². The van der Waals surface area contributed by atoms with Crippen LogP contribution in [-0.4, -0.2) is 29.7 Å². The molecular formula is C15H19NO4S. The van der Waals surface area contributed by atoms with E-state index < -0.39 is 5.97 Å². The fourth-order valence-corrected chi connectivity index (χ4v) is 4.45. The number of hydrogen-bond acceptors (Lipinski definition) is 4. The second-order valence-electron chi connectivity index (χ2n) is 5.68. The smallest absolute Gasteiger partial charge is 0.339 e. The lowest BCUT2D eigenvalue weighted by molar-refractivity contribution is -0.121. The fraction of sp³-hybridized carbons (Fsp3) is 0.600. The number of anilines is 1. The van der Waals surface area contributed by atoms with Gasteiger partial charge in [-0.1, -0.05) is 0 Å². The highest BCUT2D eigenvalue weighted by Gasteiger charge is 2.33. The monoisotopic (exact) mass is 309 g/mol. The number of carbonyl (C=O) groups is 2. The molecule has 1 fully saturated rings. The zero-order valence-electron chi connectivity index (χ0n) is 12.0. The maximum absolute atomic E-state index is 12.3. The van der Waals surface area contributed by atoms with Crippen molar-refractivity contribution in [3.05, 3.63) is 16.0 Å². The molecule has 2 aliphatic rings. The van der Waals surface area contributed by atoms with Crippen LogP contribution < -0.4 is 5.32 Å². The highest BCUT2D eigenvalue weighted by molar-refractivity contribution is 7.17. The average molecular weight is 309 g/mol. The molecule has 1 aromatic heterocycles. The maximum atomic E-state index is 12.3. The summed E-state index contributed by atoms with van der Waals surface area (Å²) >= 11 is 1.43. The van der Waals surface area contributed by atoms with Gasteiger partial charge in [0.2, 0.25) is 5.91 Å². The number of hydrogen-bond donors (Lipinski definition) is 2. The number of aryl methyl sites for hydroxylation is 1. The Balaban J connectivity index is 1.86. The molecule has 5 nitrogen and oxygen atoms in total. The summed E-state index contributed by atoms with van der Waals surface area (Å²) < 4.78 is 5.41. The molecular weight excluding hydrogens is 290 g/mol. The molecule has 1 aliphatic heterocycles. The van der Waals surface area contributed by atoms with E-state index in [-0.39, 0.29) is 17.9 Å². The quantitative estimate of drug-likeness (QED) is 0.900. The molecule has 2 N–H and O–H groups in total. The minimum atomic E-state index is -0.944. The van der Waals surface area contributed by atoms with Crippen LogP contribution in [0.25, 0.3) is 0 Å². The average Bonchev–Trinajstić information content (AvgIpc) is 3.01. The molecule has 3 rings (SSSR count). The molecule has 0 spiro atoms. The van der Waals surface area contributed by atoms with Crippen LogP contribution in [0.1, 0.15) is 47.0 Å². The first-order chi connectivity index (χ1) is 10.1. The first-order valence-corrected chi connectivity index (χ1v) is 8.20. The molecule has 1 amide bonds. The highest BCUT2D eigenvalue weighted by atomic mass is 32.1. The van der Waals surface area contributed by atoms with Crippen LogP contribution in [0, 0.1) is 5.92 Å². The number of aromatic carboxylic acids is 1. The van der Waals surface area contributed by atoms with Gasteiger partial charge in [-0.2, -0.15) is 0 Å². The molecule has 0 aromatic carbocycles. The summed E-state index contributed by atoms with van der Waals surface area (Å²) in [5, 5.41) is 12.8. The van der Waals surface area contributed by atoms with Gasteiger partial charge in [-0.05, 0) is 44.6 Å². The fourth-order valence-electron chi connectivity index (χ4n) is 3.16. The van der Waals surface area contributed by atoms with Crippen LogP contribution in [0.5, 0.6) is 0 Å². The van der Waals surface area contributed by atoms with Gasteiger partial charge in [0.25, 0.3) is 0 Å². The molecule has 21 heavy (non-hydrogen) atoms. The van der Waals surface area contributed by atoms with E-state index >= 15 is 0 Å². The van der Waals surface area contributed by atoms with E-state index in [2.05, 4.69) is 5.32 Å². The zero-order chi connectivity index (χ0) is 15.0. The van der Waals surface area contributed by atoms with E-state index in [0.29, 0.717) is 23.6 Å². The van der Waals surface area contributed by atoms with Gasteiger partial charge in [0.15, 0.2) is 0 Å². The lowest BCUT2D eigenvalue weighted by Crippen LogP contribution is -2.28. The van der Waals surface area contributed by atoms with E-state index in [0.717, 1.165) is 36.1 Å². The van der Waals surface area contributed by atoms with Crippen molar-refractivity contribution in [1.29, 1.82) is 0 Å². The van der Waals surface area contributed by atoms with E-state index in [1.54, 1.807) is 0 Å². The van der Waals surface area contributed by atoms with Crippen molar-refractivity contribution in [1.82, 2.24) is 0 Å². The third-order valence-electron chi connectivity index (χ3n) is 4.33. The molecule has 0 saturated carbocycles. The van der Waals surface area contributed by atoms with Gasteiger partial charge in [-0.15, -0.1) is 11.3 Å². The van der Waals surface area contributed by atoms with Gasteiger partial charge < -0.3 is 15.2 Å². The Morgan fingerprint density at radius 1 is 1.33 bits per heavy atom. The van der Waals surface area contributed by atoms with Gasteiger partial charge in [-0.25, -0.2) is 4.79 Å². The zero-order valence-corrected chi connectivity index (χ0v) is 12.8. The van der Waals surface area contributed by atoms with Crippen molar-refractivity contribution in [3.8, 4) is 0 Å². The third kappa shape index (κ3) is 2.70. The number of thiophene rings is 1. The summed E-state index contributed by atoms with van der Waals surface area (Å²) in [5.74, 6) is -1.26. The number of ether oxygens (including phenoxy) is 1. The molecule has 114 valence electrons. The van der Waals surface area contributed by atoms with Crippen molar-refractivity contribution in [2.45, 2.75) is 45.1 Å². The van der Waals surface area contributed by atoms with Crippen molar-refractivity contribution in [2.24, 2.45) is 5.92 Å². The van der Waals surface area contributed by atoms with Crippen molar-refractivity contribution < 1.29 is 19.4 Å². The summed E-state index contributed by atoms with van der Waals surface area (Å²) in [6.07, 6.45) is 4.41. The maximum Gasteiger partial charge on any atom is 0.339 e. The first kappa shape index (κ1) is 14.5. The van der Waals surface area contributed by atoms with Crippen LogP contribution in [0.15, 0.2) is 0 Å². The highest BCUT2D eigenvalue weighted by Crippen LogP contribution is 2.38. The summed E-state index contributed by atoms with van der Waals surface area (Å²) in [6, 6.07) is 0. The van der Waals surface area contributed by atoms with Crippen molar-refractivity contribution in [2.75, 3.05) is 11.9 Å². The number of amides is 1. The second kappa shape index (κ2) is 5.77. The molecule has 1 aliphatic carbocycles. The number of carbonyl (C=O) groups excluding carboxylic acids is 1. The number of carboxylic acid groups (broad SMARTS) is 1. The lowest BCUT2D eigenvalue weighted by atomic mass is 9.95. The number of rotatable bonds is 3. The molecule has 0 bridgehead atoms. The van der Waals surface area contributed by atoms with Gasteiger partial charge >= 0.3 is 5.97 Å². The molecule has 2 atom stereocenters. The largest absolute Gasteiger partial charge is 0.478 e. The van der Waals surface area contributed by atoms with E-state index in [1.165, 1.54) is 11.3 Å². The standard InChI is InChI=1S/C15H19NO4S/c1-8-9(6-7-20-8)13(17)16-14-12(15(18)19)10-4-2-3-5-11(10)21-14/h8-9H,2-7H2,1H3,(H,16,17)(H,18,19). The normalized spacial score (nSPS) is 24.6. The molecule has 1 aromatic rings. The van der Waals surface area contributed by atoms with Gasteiger partial charge in [0.05, 0.1) is 17.6 Å². The minimum absolute atomic E-state index is 0.104. The predicted molar refractivity (Wildman–Crippen MR) is 80.1 cm³/mol. The summed E-state index contributed by atoms with van der Waals surface area (Å²) in [4.78, 5) is 25.0. The van der Waals surface area contributed by atoms with E-state index in [9.17, 15) is 14.7 Å². The Kier molecular flexibility index (Phi) is 3.99. The Morgan fingerprint density at radius 3 is 2.76 bits per heavy atom. The Morgan fingerprint density at radius 2 is 2.10 bits per heavy atom. The summed E-state index contributed by atoms with van der Waals surface area (Å²) in [7, 11) is 0. The molecule has 6 heteroatoms. The van der Waals surface area contributed by atoms with Crippen LogP contribution in [0.4, 0.5) is 5.00 Å². The predicted octanol–water partition coefficient (Wildman–Crippen LogP) is 2.69.